The number of hydrogen-bond donors (Lipinski definition) is 1. The Morgan fingerprint density at radius 2 is 2.05 bits per heavy atom. The van der Waals surface area contributed by atoms with Crippen LogP contribution in [0.1, 0.15) is 32.4 Å². The standard InChI is InChI=1S/C14H21FN2O2/c1-5-17(6-2)14(18)16-10(3)11-7-8-13(19-4)12(15)9-11/h7-10H,5-6H2,1-4H3,(H,16,18). The maximum absolute atomic E-state index is 13.6. The summed E-state index contributed by atoms with van der Waals surface area (Å²) in [5.41, 5.74) is 0.707. The van der Waals surface area contributed by atoms with Crippen LogP contribution in [0.15, 0.2) is 18.2 Å². The summed E-state index contributed by atoms with van der Waals surface area (Å²) in [6.07, 6.45) is 0. The van der Waals surface area contributed by atoms with Gasteiger partial charge in [-0.2, -0.15) is 0 Å². The first kappa shape index (κ1) is 15.3. The molecule has 1 aromatic rings. The zero-order chi connectivity index (χ0) is 14.4. The number of rotatable bonds is 5. The summed E-state index contributed by atoms with van der Waals surface area (Å²) in [7, 11) is 1.42. The van der Waals surface area contributed by atoms with E-state index in [1.54, 1.807) is 17.0 Å². The summed E-state index contributed by atoms with van der Waals surface area (Å²) in [5, 5.41) is 2.84. The summed E-state index contributed by atoms with van der Waals surface area (Å²) in [4.78, 5) is 13.6. The molecule has 0 bridgehead atoms. The molecule has 1 atom stereocenters. The molecule has 1 N–H and O–H groups in total. The lowest BCUT2D eigenvalue weighted by molar-refractivity contribution is 0.200. The molecule has 2 amide bonds. The van der Waals surface area contributed by atoms with Gasteiger partial charge >= 0.3 is 6.03 Å². The number of benzene rings is 1. The van der Waals surface area contributed by atoms with Crippen LogP contribution in [0.4, 0.5) is 9.18 Å². The molecule has 0 fully saturated rings. The Balaban J connectivity index is 2.75. The summed E-state index contributed by atoms with van der Waals surface area (Å²) >= 11 is 0. The van der Waals surface area contributed by atoms with Gasteiger partial charge in [0.1, 0.15) is 0 Å². The van der Waals surface area contributed by atoms with Crippen LogP contribution in [0.3, 0.4) is 0 Å². The summed E-state index contributed by atoms with van der Waals surface area (Å²) in [6, 6.07) is 4.29. The Bertz CT molecular complexity index is 433. The SMILES string of the molecule is CCN(CC)C(=O)NC(C)c1ccc(OC)c(F)c1. The van der Waals surface area contributed by atoms with Gasteiger partial charge in [-0.15, -0.1) is 0 Å². The number of carbonyl (C=O) groups is 1. The van der Waals surface area contributed by atoms with Crippen LogP contribution >= 0.6 is 0 Å². The highest BCUT2D eigenvalue weighted by Gasteiger charge is 2.15. The van der Waals surface area contributed by atoms with E-state index in [1.165, 1.54) is 13.2 Å². The zero-order valence-electron chi connectivity index (χ0n) is 11.9. The van der Waals surface area contributed by atoms with Gasteiger partial charge in [0.05, 0.1) is 13.2 Å². The van der Waals surface area contributed by atoms with Gasteiger partial charge in [0.15, 0.2) is 11.6 Å². The highest BCUT2D eigenvalue weighted by atomic mass is 19.1. The smallest absolute Gasteiger partial charge is 0.317 e. The third kappa shape index (κ3) is 3.84. The number of nitrogens with zero attached hydrogens (tertiary/aromatic N) is 1. The maximum Gasteiger partial charge on any atom is 0.317 e. The van der Waals surface area contributed by atoms with Crippen LogP contribution in [0.2, 0.25) is 0 Å². The van der Waals surface area contributed by atoms with E-state index in [9.17, 15) is 9.18 Å². The quantitative estimate of drug-likeness (QED) is 0.892. The van der Waals surface area contributed by atoms with Crippen LogP contribution in [0.5, 0.6) is 5.75 Å². The molecular formula is C14H21FN2O2. The molecule has 1 aromatic carbocycles. The minimum absolute atomic E-state index is 0.145. The van der Waals surface area contributed by atoms with Crippen molar-refractivity contribution in [1.82, 2.24) is 10.2 Å². The van der Waals surface area contributed by atoms with Crippen molar-refractivity contribution in [3.05, 3.63) is 29.6 Å². The molecule has 0 heterocycles. The topological polar surface area (TPSA) is 41.6 Å². The van der Waals surface area contributed by atoms with Gasteiger partial charge in [0.2, 0.25) is 0 Å². The van der Waals surface area contributed by atoms with E-state index in [0.29, 0.717) is 18.7 Å². The minimum atomic E-state index is -0.427. The molecule has 0 spiro atoms. The molecule has 19 heavy (non-hydrogen) atoms. The summed E-state index contributed by atoms with van der Waals surface area (Å²) in [6.45, 7) is 6.95. The first-order valence-corrected chi connectivity index (χ1v) is 6.42. The number of hydrogen-bond acceptors (Lipinski definition) is 2. The van der Waals surface area contributed by atoms with Crippen molar-refractivity contribution in [3.63, 3.8) is 0 Å². The predicted molar refractivity (Wildman–Crippen MR) is 72.8 cm³/mol. The van der Waals surface area contributed by atoms with E-state index in [0.717, 1.165) is 0 Å². The Hall–Kier alpha value is -1.78. The normalized spacial score (nSPS) is 11.8. The largest absolute Gasteiger partial charge is 0.494 e. The lowest BCUT2D eigenvalue weighted by atomic mass is 10.1. The van der Waals surface area contributed by atoms with Gasteiger partial charge in [-0.05, 0) is 38.5 Å². The molecule has 4 nitrogen and oxygen atoms in total. The van der Waals surface area contributed by atoms with Gasteiger partial charge in [-0.1, -0.05) is 6.07 Å². The molecular weight excluding hydrogens is 247 g/mol. The van der Waals surface area contributed by atoms with Gasteiger partial charge in [-0.25, -0.2) is 9.18 Å². The van der Waals surface area contributed by atoms with E-state index < -0.39 is 5.82 Å². The van der Waals surface area contributed by atoms with E-state index in [-0.39, 0.29) is 17.8 Å². The van der Waals surface area contributed by atoms with Gasteiger partial charge in [-0.3, -0.25) is 0 Å². The maximum atomic E-state index is 13.6. The zero-order valence-corrected chi connectivity index (χ0v) is 11.9. The molecule has 0 aromatic heterocycles. The van der Waals surface area contributed by atoms with Gasteiger partial charge in [0, 0.05) is 13.1 Å². The Morgan fingerprint density at radius 3 is 2.53 bits per heavy atom. The van der Waals surface area contributed by atoms with E-state index in [2.05, 4.69) is 5.32 Å². The van der Waals surface area contributed by atoms with Crippen molar-refractivity contribution in [1.29, 1.82) is 0 Å². The average Bonchev–Trinajstić information content (AvgIpc) is 2.39. The fraction of sp³-hybridized carbons (Fsp3) is 0.500. The number of methoxy groups -OCH3 is 1. The lowest BCUT2D eigenvalue weighted by Gasteiger charge is -2.23. The fourth-order valence-electron chi connectivity index (χ4n) is 1.82. The molecule has 0 aliphatic rings. The van der Waals surface area contributed by atoms with Gasteiger partial charge in [0.25, 0.3) is 0 Å². The summed E-state index contributed by atoms with van der Waals surface area (Å²) in [5.74, 6) is -0.227. The number of nitrogens with one attached hydrogen (secondary N) is 1. The molecule has 1 unspecified atom stereocenters. The number of halogens is 1. The second-order valence-corrected chi connectivity index (χ2v) is 4.24. The highest BCUT2D eigenvalue weighted by molar-refractivity contribution is 5.74. The third-order valence-electron chi connectivity index (χ3n) is 3.07. The monoisotopic (exact) mass is 268 g/mol. The van der Waals surface area contributed by atoms with E-state index in [1.807, 2.05) is 20.8 Å². The Labute approximate surface area is 113 Å². The number of ether oxygens (including phenoxy) is 1. The van der Waals surface area contributed by atoms with Crippen LogP contribution in [-0.2, 0) is 0 Å². The number of urea groups is 1. The third-order valence-corrected chi connectivity index (χ3v) is 3.07. The van der Waals surface area contributed by atoms with Crippen LogP contribution in [0.25, 0.3) is 0 Å². The van der Waals surface area contributed by atoms with Crippen molar-refractivity contribution >= 4 is 6.03 Å². The second kappa shape index (κ2) is 6.97. The first-order valence-electron chi connectivity index (χ1n) is 6.42. The minimum Gasteiger partial charge on any atom is -0.494 e. The lowest BCUT2D eigenvalue weighted by Crippen LogP contribution is -2.40. The van der Waals surface area contributed by atoms with Crippen molar-refractivity contribution in [2.75, 3.05) is 20.2 Å². The van der Waals surface area contributed by atoms with E-state index >= 15 is 0 Å². The number of carbonyl (C=O) groups excluding carboxylic acids is 1. The fourth-order valence-corrected chi connectivity index (χ4v) is 1.82. The van der Waals surface area contributed by atoms with Crippen molar-refractivity contribution in [2.24, 2.45) is 0 Å². The van der Waals surface area contributed by atoms with E-state index in [4.69, 9.17) is 4.74 Å². The molecule has 106 valence electrons. The van der Waals surface area contributed by atoms with Crippen LogP contribution in [-0.4, -0.2) is 31.1 Å². The first-order chi connectivity index (χ1) is 9.03. The van der Waals surface area contributed by atoms with Crippen LogP contribution < -0.4 is 10.1 Å². The Kier molecular flexibility index (Phi) is 5.60. The van der Waals surface area contributed by atoms with Crippen molar-refractivity contribution in [3.8, 4) is 5.75 Å². The van der Waals surface area contributed by atoms with Crippen molar-refractivity contribution in [2.45, 2.75) is 26.8 Å². The molecule has 0 aliphatic heterocycles. The molecule has 1 rings (SSSR count). The second-order valence-electron chi connectivity index (χ2n) is 4.24. The van der Waals surface area contributed by atoms with Gasteiger partial charge < -0.3 is 15.0 Å². The van der Waals surface area contributed by atoms with Crippen LogP contribution in [0, 0.1) is 5.82 Å². The molecule has 0 saturated heterocycles. The molecule has 5 heteroatoms. The van der Waals surface area contributed by atoms with Crippen molar-refractivity contribution < 1.29 is 13.9 Å². The summed E-state index contributed by atoms with van der Waals surface area (Å²) < 4.78 is 18.5. The highest BCUT2D eigenvalue weighted by Crippen LogP contribution is 2.21. The molecule has 0 radical (unpaired) electrons. The predicted octanol–water partition coefficient (Wildman–Crippen LogP) is 2.95. The average molecular weight is 268 g/mol. The molecule has 0 saturated carbocycles. The number of amides is 2. The Morgan fingerprint density at radius 1 is 1.42 bits per heavy atom. The molecule has 0 aliphatic carbocycles.